The van der Waals surface area contributed by atoms with Crippen LogP contribution in [-0.4, -0.2) is 50.0 Å². The summed E-state index contributed by atoms with van der Waals surface area (Å²) in [5.74, 6) is -1.11. The second kappa shape index (κ2) is 7.76. The minimum Gasteiger partial charge on any atom is -0.454 e. The molecule has 1 heterocycles. The largest absolute Gasteiger partial charge is 0.454 e. The zero-order valence-electron chi connectivity index (χ0n) is 13.8. The third-order valence-electron chi connectivity index (χ3n) is 3.92. The molecule has 2 atom stereocenters. The van der Waals surface area contributed by atoms with Gasteiger partial charge in [0.25, 0.3) is 5.91 Å². The third-order valence-corrected chi connectivity index (χ3v) is 5.21. The molecule has 1 fully saturated rings. The number of sulfonamides is 1. The Bertz CT molecular complexity index is 690. The lowest BCUT2D eigenvalue weighted by atomic mass is 10.1. The minimum absolute atomic E-state index is 0.212. The van der Waals surface area contributed by atoms with Crippen LogP contribution in [0.2, 0.25) is 0 Å². The number of carbonyl (C=O) groups excluding carboxylic acids is 2. The lowest BCUT2D eigenvalue weighted by Gasteiger charge is -2.20. The molecule has 1 aromatic carbocycles. The van der Waals surface area contributed by atoms with Crippen molar-refractivity contribution in [1.82, 2.24) is 9.62 Å². The molecular weight excluding hydrogens is 332 g/mol. The Balaban J connectivity index is 1.84. The molecule has 0 spiro atoms. The zero-order chi connectivity index (χ0) is 17.7. The molecule has 2 rings (SSSR count). The van der Waals surface area contributed by atoms with E-state index in [1.165, 1.54) is 0 Å². The van der Waals surface area contributed by atoms with Gasteiger partial charge in [0.2, 0.25) is 10.0 Å². The molecule has 7 nitrogen and oxygen atoms in total. The van der Waals surface area contributed by atoms with Gasteiger partial charge >= 0.3 is 5.97 Å². The highest BCUT2D eigenvalue weighted by Crippen LogP contribution is 2.21. The van der Waals surface area contributed by atoms with Crippen molar-refractivity contribution in [3.05, 3.63) is 35.9 Å². The van der Waals surface area contributed by atoms with E-state index in [9.17, 15) is 18.0 Å². The number of benzene rings is 1. The average molecular weight is 354 g/mol. The van der Waals surface area contributed by atoms with Crippen LogP contribution in [0.5, 0.6) is 0 Å². The molecule has 0 radical (unpaired) electrons. The van der Waals surface area contributed by atoms with E-state index in [2.05, 4.69) is 5.32 Å². The number of hydrogen-bond acceptors (Lipinski definition) is 5. The first-order valence-electron chi connectivity index (χ1n) is 7.77. The van der Waals surface area contributed by atoms with Gasteiger partial charge in [-0.1, -0.05) is 30.3 Å². The van der Waals surface area contributed by atoms with E-state index in [4.69, 9.17) is 4.74 Å². The van der Waals surface area contributed by atoms with Gasteiger partial charge in [-0.25, -0.2) is 8.42 Å². The summed E-state index contributed by atoms with van der Waals surface area (Å²) < 4.78 is 29.4. The number of nitrogens with one attached hydrogen (secondary N) is 1. The molecule has 0 aromatic heterocycles. The van der Waals surface area contributed by atoms with Crippen molar-refractivity contribution < 1.29 is 22.7 Å². The summed E-state index contributed by atoms with van der Waals surface area (Å²) >= 11 is 0. The fourth-order valence-electron chi connectivity index (χ4n) is 2.71. The highest BCUT2D eigenvalue weighted by atomic mass is 32.2. The summed E-state index contributed by atoms with van der Waals surface area (Å²) in [6.45, 7) is 1.71. The van der Waals surface area contributed by atoms with Crippen LogP contribution in [0.3, 0.4) is 0 Å². The Morgan fingerprint density at radius 3 is 2.62 bits per heavy atom. The fraction of sp³-hybridized carbons (Fsp3) is 0.500. The molecule has 2 unspecified atom stereocenters. The lowest BCUT2D eigenvalue weighted by Crippen LogP contribution is -2.42. The number of rotatable bonds is 6. The Kier molecular flexibility index (Phi) is 5.95. The number of esters is 1. The molecule has 0 bridgehead atoms. The van der Waals surface area contributed by atoms with Crippen molar-refractivity contribution in [2.24, 2.45) is 0 Å². The van der Waals surface area contributed by atoms with Crippen molar-refractivity contribution in [3.8, 4) is 0 Å². The van der Waals surface area contributed by atoms with Gasteiger partial charge in [0.15, 0.2) is 6.61 Å². The predicted octanol–water partition coefficient (Wildman–Crippen LogP) is 0.831. The second-order valence-corrected chi connectivity index (χ2v) is 7.77. The van der Waals surface area contributed by atoms with Gasteiger partial charge in [0, 0.05) is 6.54 Å². The topological polar surface area (TPSA) is 92.8 Å². The van der Waals surface area contributed by atoms with Crippen molar-refractivity contribution in [2.75, 3.05) is 19.4 Å². The Labute approximate surface area is 142 Å². The smallest absolute Gasteiger partial charge is 0.324 e. The van der Waals surface area contributed by atoms with Gasteiger partial charge in [0.1, 0.15) is 6.04 Å². The van der Waals surface area contributed by atoms with Crippen LogP contribution in [0.4, 0.5) is 0 Å². The summed E-state index contributed by atoms with van der Waals surface area (Å²) in [6, 6.07) is 8.36. The summed E-state index contributed by atoms with van der Waals surface area (Å²) in [7, 11) is -3.46. The standard InChI is InChI=1S/C16H22N2O5S/c1-12(13-7-4-3-5-8-13)17-15(19)11-23-16(20)14-9-6-10-18(14)24(2,21)22/h3-5,7-8,12,14H,6,9-11H2,1-2H3,(H,17,19). The Morgan fingerprint density at radius 2 is 2.00 bits per heavy atom. The highest BCUT2D eigenvalue weighted by molar-refractivity contribution is 7.88. The second-order valence-electron chi connectivity index (χ2n) is 5.84. The molecule has 1 saturated heterocycles. The van der Waals surface area contributed by atoms with E-state index < -0.39 is 34.5 Å². The Morgan fingerprint density at radius 1 is 1.33 bits per heavy atom. The van der Waals surface area contributed by atoms with Crippen LogP contribution in [0, 0.1) is 0 Å². The van der Waals surface area contributed by atoms with Crippen molar-refractivity contribution >= 4 is 21.9 Å². The van der Waals surface area contributed by atoms with E-state index in [-0.39, 0.29) is 6.04 Å². The SMILES string of the molecule is CC(NC(=O)COC(=O)C1CCCN1S(C)(=O)=O)c1ccccc1. The molecule has 1 amide bonds. The monoisotopic (exact) mass is 354 g/mol. The van der Waals surface area contributed by atoms with Crippen LogP contribution < -0.4 is 5.32 Å². The van der Waals surface area contributed by atoms with Gasteiger partial charge in [0.05, 0.1) is 12.3 Å². The first kappa shape index (κ1) is 18.4. The Hall–Kier alpha value is -1.93. The van der Waals surface area contributed by atoms with Crippen molar-refractivity contribution in [2.45, 2.75) is 31.8 Å². The lowest BCUT2D eigenvalue weighted by molar-refractivity contribution is -0.151. The summed E-state index contributed by atoms with van der Waals surface area (Å²) in [5.41, 5.74) is 0.941. The average Bonchev–Trinajstić information content (AvgIpc) is 3.03. The third kappa shape index (κ3) is 4.78. The highest BCUT2D eigenvalue weighted by Gasteiger charge is 2.37. The summed E-state index contributed by atoms with van der Waals surface area (Å²) in [5, 5.41) is 2.74. The van der Waals surface area contributed by atoms with Crippen LogP contribution in [0.15, 0.2) is 30.3 Å². The molecule has 24 heavy (non-hydrogen) atoms. The van der Waals surface area contributed by atoms with Crippen molar-refractivity contribution in [1.29, 1.82) is 0 Å². The van der Waals surface area contributed by atoms with Crippen LogP contribution in [0.1, 0.15) is 31.4 Å². The number of hydrogen-bond donors (Lipinski definition) is 1. The summed E-state index contributed by atoms with van der Waals surface area (Å²) in [4.78, 5) is 24.0. The number of ether oxygens (including phenoxy) is 1. The molecular formula is C16H22N2O5S. The molecule has 1 N–H and O–H groups in total. The van der Waals surface area contributed by atoms with E-state index in [0.29, 0.717) is 19.4 Å². The fourth-order valence-corrected chi connectivity index (χ4v) is 3.83. The van der Waals surface area contributed by atoms with Gasteiger partial charge in [-0.05, 0) is 25.3 Å². The van der Waals surface area contributed by atoms with Gasteiger partial charge in [-0.3, -0.25) is 9.59 Å². The van der Waals surface area contributed by atoms with Crippen LogP contribution >= 0.6 is 0 Å². The molecule has 8 heteroatoms. The van der Waals surface area contributed by atoms with Gasteiger partial charge < -0.3 is 10.1 Å². The number of nitrogens with zero attached hydrogens (tertiary/aromatic N) is 1. The maximum absolute atomic E-state index is 12.1. The predicted molar refractivity (Wildman–Crippen MR) is 88.5 cm³/mol. The molecule has 0 saturated carbocycles. The first-order chi connectivity index (χ1) is 11.3. The maximum atomic E-state index is 12.1. The molecule has 0 aliphatic carbocycles. The van der Waals surface area contributed by atoms with Gasteiger partial charge in [-0.15, -0.1) is 0 Å². The minimum atomic E-state index is -3.46. The quantitative estimate of drug-likeness (QED) is 0.764. The number of carbonyl (C=O) groups is 2. The van der Waals surface area contributed by atoms with Crippen molar-refractivity contribution in [3.63, 3.8) is 0 Å². The van der Waals surface area contributed by atoms with E-state index in [1.54, 1.807) is 0 Å². The summed E-state index contributed by atoms with van der Waals surface area (Å²) in [6.07, 6.45) is 2.07. The van der Waals surface area contributed by atoms with Crippen LogP contribution in [0.25, 0.3) is 0 Å². The molecule has 132 valence electrons. The molecule has 1 aliphatic rings. The normalized spacial score (nSPS) is 19.7. The van der Waals surface area contributed by atoms with E-state index in [1.807, 2.05) is 37.3 Å². The maximum Gasteiger partial charge on any atom is 0.324 e. The first-order valence-corrected chi connectivity index (χ1v) is 9.61. The zero-order valence-corrected chi connectivity index (χ0v) is 14.6. The van der Waals surface area contributed by atoms with Crippen LogP contribution in [-0.2, 0) is 24.3 Å². The molecule has 1 aliphatic heterocycles. The van der Waals surface area contributed by atoms with E-state index in [0.717, 1.165) is 16.1 Å². The van der Waals surface area contributed by atoms with E-state index >= 15 is 0 Å². The number of amides is 1. The molecule has 1 aromatic rings. The van der Waals surface area contributed by atoms with Gasteiger partial charge in [-0.2, -0.15) is 4.31 Å².